The molecule has 0 radical (unpaired) electrons. The van der Waals surface area contributed by atoms with Gasteiger partial charge in [-0.3, -0.25) is 0 Å². The van der Waals surface area contributed by atoms with Crippen molar-refractivity contribution >= 4 is 15.9 Å². The molecule has 1 aromatic carbocycles. The fraction of sp³-hybridized carbons (Fsp3) is 0.625. The Labute approximate surface area is 119 Å². The smallest absolute Gasteiger partial charge is 0.0177 e. The first-order chi connectivity index (χ1) is 8.50. The quantitative estimate of drug-likeness (QED) is 0.880. The minimum Gasteiger partial charge on any atom is -0.330 e. The Morgan fingerprint density at radius 2 is 2.11 bits per heavy atom. The summed E-state index contributed by atoms with van der Waals surface area (Å²) in [7, 11) is 0. The molecule has 1 aromatic rings. The highest BCUT2D eigenvalue weighted by Crippen LogP contribution is 2.42. The molecule has 1 nitrogen and oxygen atoms in total. The zero-order valence-electron chi connectivity index (χ0n) is 11.5. The van der Waals surface area contributed by atoms with Gasteiger partial charge in [0.1, 0.15) is 0 Å². The zero-order chi connectivity index (χ0) is 13.2. The normalized spacial score (nSPS) is 27.1. The van der Waals surface area contributed by atoms with E-state index in [1.54, 1.807) is 0 Å². The highest BCUT2D eigenvalue weighted by Gasteiger charge is 2.33. The summed E-state index contributed by atoms with van der Waals surface area (Å²) in [5.74, 6) is 1.45. The van der Waals surface area contributed by atoms with Crippen LogP contribution in [0.5, 0.6) is 0 Å². The molecule has 2 rings (SSSR count). The zero-order valence-corrected chi connectivity index (χ0v) is 13.0. The maximum Gasteiger partial charge on any atom is 0.0177 e. The van der Waals surface area contributed by atoms with Crippen molar-refractivity contribution in [2.24, 2.45) is 23.0 Å². The van der Waals surface area contributed by atoms with Crippen LogP contribution in [0, 0.1) is 17.3 Å². The molecule has 2 atom stereocenters. The molecule has 0 bridgehead atoms. The molecule has 1 aliphatic rings. The van der Waals surface area contributed by atoms with Crippen molar-refractivity contribution in [3.63, 3.8) is 0 Å². The molecular formula is C16H24BrN. The van der Waals surface area contributed by atoms with Gasteiger partial charge >= 0.3 is 0 Å². The average Bonchev–Trinajstić information content (AvgIpc) is 2.28. The molecule has 0 aliphatic heterocycles. The molecule has 0 saturated heterocycles. The first-order valence-electron chi connectivity index (χ1n) is 6.95. The highest BCUT2D eigenvalue weighted by molar-refractivity contribution is 9.10. The molecule has 0 aromatic heterocycles. The molecule has 1 fully saturated rings. The van der Waals surface area contributed by atoms with Gasteiger partial charge < -0.3 is 5.73 Å². The molecule has 2 heteroatoms. The van der Waals surface area contributed by atoms with E-state index < -0.39 is 0 Å². The number of nitrogens with two attached hydrogens (primary N) is 1. The van der Waals surface area contributed by atoms with E-state index >= 15 is 0 Å². The Kier molecular flexibility index (Phi) is 4.50. The molecule has 2 N–H and O–H groups in total. The van der Waals surface area contributed by atoms with Gasteiger partial charge in [-0.1, -0.05) is 41.9 Å². The van der Waals surface area contributed by atoms with Crippen LogP contribution in [-0.4, -0.2) is 6.54 Å². The van der Waals surface area contributed by atoms with Gasteiger partial charge in [0.05, 0.1) is 0 Å². The molecular weight excluding hydrogens is 286 g/mol. The molecule has 1 aliphatic carbocycles. The number of rotatable bonds is 3. The molecule has 1 saturated carbocycles. The van der Waals surface area contributed by atoms with Crippen molar-refractivity contribution in [3.05, 3.63) is 34.3 Å². The SMILES string of the molecule is CC1(C)CCC(CN)C(Cc2cccc(Br)c2)C1. The van der Waals surface area contributed by atoms with Crippen LogP contribution in [-0.2, 0) is 6.42 Å². The van der Waals surface area contributed by atoms with E-state index in [9.17, 15) is 0 Å². The number of halogens is 1. The van der Waals surface area contributed by atoms with E-state index in [0.717, 1.165) is 12.5 Å². The third kappa shape index (κ3) is 3.58. The first kappa shape index (κ1) is 14.1. The predicted octanol–water partition coefficient (Wildman–Crippen LogP) is 4.39. The lowest BCUT2D eigenvalue weighted by atomic mass is 9.65. The Hall–Kier alpha value is -0.340. The fourth-order valence-electron chi connectivity index (χ4n) is 3.31. The van der Waals surface area contributed by atoms with Crippen LogP contribution >= 0.6 is 15.9 Å². The van der Waals surface area contributed by atoms with Crippen molar-refractivity contribution in [3.8, 4) is 0 Å². The fourth-order valence-corrected chi connectivity index (χ4v) is 3.75. The van der Waals surface area contributed by atoms with Crippen molar-refractivity contribution in [2.45, 2.75) is 39.5 Å². The van der Waals surface area contributed by atoms with Crippen LogP contribution in [0.3, 0.4) is 0 Å². The minimum absolute atomic E-state index is 0.488. The van der Waals surface area contributed by atoms with Gasteiger partial charge in [-0.15, -0.1) is 0 Å². The summed E-state index contributed by atoms with van der Waals surface area (Å²) in [4.78, 5) is 0. The second-order valence-electron chi connectivity index (χ2n) is 6.50. The predicted molar refractivity (Wildman–Crippen MR) is 81.5 cm³/mol. The van der Waals surface area contributed by atoms with Gasteiger partial charge in [0.15, 0.2) is 0 Å². The maximum absolute atomic E-state index is 5.96. The molecule has 18 heavy (non-hydrogen) atoms. The van der Waals surface area contributed by atoms with Crippen LogP contribution in [0.15, 0.2) is 28.7 Å². The van der Waals surface area contributed by atoms with Gasteiger partial charge in [-0.25, -0.2) is 0 Å². The molecule has 0 heterocycles. The topological polar surface area (TPSA) is 26.0 Å². The lowest BCUT2D eigenvalue weighted by molar-refractivity contribution is 0.121. The van der Waals surface area contributed by atoms with E-state index in [2.05, 4.69) is 54.0 Å². The number of hydrogen-bond donors (Lipinski definition) is 1. The Morgan fingerprint density at radius 1 is 1.33 bits per heavy atom. The summed E-state index contributed by atoms with van der Waals surface area (Å²) in [6.07, 6.45) is 5.10. The second kappa shape index (κ2) is 5.75. The third-order valence-corrected chi connectivity index (χ3v) is 4.86. The largest absolute Gasteiger partial charge is 0.330 e. The van der Waals surface area contributed by atoms with Crippen LogP contribution < -0.4 is 5.73 Å². The van der Waals surface area contributed by atoms with Gasteiger partial charge in [-0.05, 0) is 67.2 Å². The van der Waals surface area contributed by atoms with Crippen LogP contribution in [0.25, 0.3) is 0 Å². The summed E-state index contributed by atoms with van der Waals surface area (Å²) < 4.78 is 1.18. The minimum atomic E-state index is 0.488. The summed E-state index contributed by atoms with van der Waals surface area (Å²) in [6, 6.07) is 8.70. The van der Waals surface area contributed by atoms with Gasteiger partial charge in [-0.2, -0.15) is 0 Å². The Bertz CT molecular complexity index is 400. The second-order valence-corrected chi connectivity index (χ2v) is 7.41. The van der Waals surface area contributed by atoms with Crippen LogP contribution in [0.1, 0.15) is 38.7 Å². The lowest BCUT2D eigenvalue weighted by Crippen LogP contribution is -2.35. The monoisotopic (exact) mass is 309 g/mol. The summed E-state index contributed by atoms with van der Waals surface area (Å²) in [5, 5.41) is 0. The molecule has 0 amide bonds. The van der Waals surface area contributed by atoms with Crippen LogP contribution in [0.2, 0.25) is 0 Å². The van der Waals surface area contributed by atoms with Crippen molar-refractivity contribution < 1.29 is 0 Å². The van der Waals surface area contributed by atoms with Crippen molar-refractivity contribution in [1.29, 1.82) is 0 Å². The van der Waals surface area contributed by atoms with Gasteiger partial charge in [0.2, 0.25) is 0 Å². The molecule has 0 spiro atoms. The molecule has 2 unspecified atom stereocenters. The van der Waals surface area contributed by atoms with Gasteiger partial charge in [0.25, 0.3) is 0 Å². The van der Waals surface area contributed by atoms with Crippen LogP contribution in [0.4, 0.5) is 0 Å². The summed E-state index contributed by atoms with van der Waals surface area (Å²) in [5.41, 5.74) is 7.88. The number of hydrogen-bond acceptors (Lipinski definition) is 1. The average molecular weight is 310 g/mol. The standard InChI is InChI=1S/C16H24BrN/c1-16(2)7-6-13(11-18)14(10-16)8-12-4-3-5-15(17)9-12/h3-5,9,13-14H,6-8,10-11,18H2,1-2H3. The highest BCUT2D eigenvalue weighted by atomic mass is 79.9. The van der Waals surface area contributed by atoms with E-state index in [-0.39, 0.29) is 0 Å². The van der Waals surface area contributed by atoms with E-state index in [1.165, 1.54) is 35.7 Å². The van der Waals surface area contributed by atoms with Crippen molar-refractivity contribution in [2.75, 3.05) is 6.54 Å². The molecule has 100 valence electrons. The summed E-state index contributed by atoms with van der Waals surface area (Å²) in [6.45, 7) is 5.63. The Morgan fingerprint density at radius 3 is 2.78 bits per heavy atom. The lowest BCUT2D eigenvalue weighted by Gasteiger charge is -2.40. The number of benzene rings is 1. The maximum atomic E-state index is 5.96. The summed E-state index contributed by atoms with van der Waals surface area (Å²) >= 11 is 3.56. The van der Waals surface area contributed by atoms with Gasteiger partial charge in [0, 0.05) is 4.47 Å². The van der Waals surface area contributed by atoms with E-state index in [1.807, 2.05) is 0 Å². The Balaban J connectivity index is 2.09. The van der Waals surface area contributed by atoms with E-state index in [4.69, 9.17) is 5.73 Å². The first-order valence-corrected chi connectivity index (χ1v) is 7.74. The third-order valence-electron chi connectivity index (χ3n) is 4.36. The van der Waals surface area contributed by atoms with E-state index in [0.29, 0.717) is 11.3 Å². The van der Waals surface area contributed by atoms with Crippen molar-refractivity contribution in [1.82, 2.24) is 0 Å².